The molecule has 5 rings (SSSR count). The van der Waals surface area contributed by atoms with Gasteiger partial charge in [-0.15, -0.1) is 0 Å². The van der Waals surface area contributed by atoms with Crippen LogP contribution in [0.2, 0.25) is 0 Å². The first-order chi connectivity index (χ1) is 17.9. The number of aryl methyl sites for hydroxylation is 1. The lowest BCUT2D eigenvalue weighted by molar-refractivity contribution is 0.0695. The molecule has 0 spiro atoms. The molecule has 2 aromatic carbocycles. The van der Waals surface area contributed by atoms with E-state index in [1.807, 2.05) is 30.3 Å². The molecule has 2 amide bonds. The monoisotopic (exact) mass is 502 g/mol. The molecule has 1 saturated heterocycles. The van der Waals surface area contributed by atoms with Gasteiger partial charge >= 0.3 is 12.1 Å². The van der Waals surface area contributed by atoms with Crippen molar-refractivity contribution in [1.29, 1.82) is 0 Å². The SMILES string of the molecule is Cc1[nH]nc(-c2nc3ccc(C(=O)O)cc3[nH]2)c1C(=O)NC1CCN(C(=O)OCc2ccccc2)CC1. The summed E-state index contributed by atoms with van der Waals surface area (Å²) in [5.74, 6) is -0.967. The normalized spacial score (nSPS) is 14.0. The van der Waals surface area contributed by atoms with E-state index in [0.717, 1.165) is 5.56 Å². The van der Waals surface area contributed by atoms with Crippen molar-refractivity contribution in [2.45, 2.75) is 32.4 Å². The standard InChI is InChI=1S/C26H26N6O5/c1-15-21(22(31-30-15)23-28-19-8-7-17(25(34)35)13-20(19)29-23)24(33)27-18-9-11-32(12-10-18)26(36)37-14-16-5-3-2-4-6-16/h2-8,13,18H,9-12,14H2,1H3,(H,27,33)(H,28,29)(H,30,31)(H,34,35). The van der Waals surface area contributed by atoms with Crippen LogP contribution in [0.25, 0.3) is 22.6 Å². The van der Waals surface area contributed by atoms with E-state index in [9.17, 15) is 19.5 Å². The molecule has 11 nitrogen and oxygen atoms in total. The number of ether oxygens (including phenoxy) is 1. The van der Waals surface area contributed by atoms with Crippen LogP contribution < -0.4 is 5.32 Å². The Morgan fingerprint density at radius 1 is 1.14 bits per heavy atom. The third-order valence-electron chi connectivity index (χ3n) is 6.42. The number of piperidine rings is 1. The summed E-state index contributed by atoms with van der Waals surface area (Å²) >= 11 is 0. The van der Waals surface area contributed by atoms with Gasteiger partial charge in [-0.05, 0) is 43.5 Å². The largest absolute Gasteiger partial charge is 0.478 e. The minimum Gasteiger partial charge on any atom is -0.478 e. The number of nitrogens with one attached hydrogen (secondary N) is 3. The fourth-order valence-electron chi connectivity index (χ4n) is 4.41. The number of aromatic carboxylic acids is 1. The Morgan fingerprint density at radius 3 is 2.62 bits per heavy atom. The van der Waals surface area contributed by atoms with Gasteiger partial charge in [0.15, 0.2) is 5.82 Å². The van der Waals surface area contributed by atoms with Crippen molar-refractivity contribution in [3.05, 3.63) is 70.9 Å². The fraction of sp³-hybridized carbons (Fsp3) is 0.269. The van der Waals surface area contributed by atoms with Gasteiger partial charge in [0, 0.05) is 24.8 Å². The summed E-state index contributed by atoms with van der Waals surface area (Å²) in [7, 11) is 0. The van der Waals surface area contributed by atoms with E-state index in [4.69, 9.17) is 4.74 Å². The third-order valence-corrected chi connectivity index (χ3v) is 6.42. The highest BCUT2D eigenvalue weighted by molar-refractivity contribution is 6.01. The average molecular weight is 503 g/mol. The second kappa shape index (κ2) is 10.1. The number of nitrogens with zero attached hydrogens (tertiary/aromatic N) is 3. The average Bonchev–Trinajstić information content (AvgIpc) is 3.51. The number of likely N-dealkylation sites (tertiary alicyclic amines) is 1. The predicted octanol–water partition coefficient (Wildman–Crippen LogP) is 3.49. The zero-order chi connectivity index (χ0) is 25.9. The smallest absolute Gasteiger partial charge is 0.410 e. The van der Waals surface area contributed by atoms with Crippen LogP contribution in [0, 0.1) is 6.92 Å². The van der Waals surface area contributed by atoms with Crippen LogP contribution in [0.1, 0.15) is 44.8 Å². The molecule has 4 aromatic rings. The van der Waals surface area contributed by atoms with Gasteiger partial charge in [0.2, 0.25) is 0 Å². The Labute approximate surface area is 211 Å². The van der Waals surface area contributed by atoms with E-state index in [1.54, 1.807) is 17.9 Å². The summed E-state index contributed by atoms with van der Waals surface area (Å²) in [5, 5.41) is 19.4. The predicted molar refractivity (Wildman–Crippen MR) is 134 cm³/mol. The molecule has 3 heterocycles. The Bertz CT molecular complexity index is 1450. The molecule has 37 heavy (non-hydrogen) atoms. The summed E-state index contributed by atoms with van der Waals surface area (Å²) in [5.41, 5.74) is 3.46. The minimum absolute atomic E-state index is 0.110. The van der Waals surface area contributed by atoms with Crippen LogP contribution in [0.3, 0.4) is 0 Å². The Balaban J connectivity index is 1.22. The number of fused-ring (bicyclic) bond motifs is 1. The van der Waals surface area contributed by atoms with Gasteiger partial charge in [-0.1, -0.05) is 30.3 Å². The van der Waals surface area contributed by atoms with Crippen LogP contribution in [-0.4, -0.2) is 67.3 Å². The maximum atomic E-state index is 13.2. The van der Waals surface area contributed by atoms with E-state index < -0.39 is 5.97 Å². The Kier molecular flexibility index (Phi) is 6.59. The molecular weight excluding hydrogens is 476 g/mol. The number of hydrogen-bond donors (Lipinski definition) is 4. The minimum atomic E-state index is -1.04. The van der Waals surface area contributed by atoms with Crippen molar-refractivity contribution < 1.29 is 24.2 Å². The van der Waals surface area contributed by atoms with E-state index in [0.29, 0.717) is 59.7 Å². The lowest BCUT2D eigenvalue weighted by atomic mass is 10.0. The summed E-state index contributed by atoms with van der Waals surface area (Å²) in [6, 6.07) is 14.0. The van der Waals surface area contributed by atoms with E-state index in [-0.39, 0.29) is 30.2 Å². The number of carboxylic acid groups (broad SMARTS) is 1. The number of hydrogen-bond acceptors (Lipinski definition) is 6. The zero-order valence-electron chi connectivity index (χ0n) is 20.2. The van der Waals surface area contributed by atoms with Gasteiger partial charge in [-0.2, -0.15) is 5.10 Å². The zero-order valence-corrected chi connectivity index (χ0v) is 20.2. The van der Waals surface area contributed by atoms with Gasteiger partial charge in [-0.25, -0.2) is 14.6 Å². The van der Waals surface area contributed by atoms with Crippen molar-refractivity contribution in [2.75, 3.05) is 13.1 Å². The maximum Gasteiger partial charge on any atom is 0.410 e. The topological polar surface area (TPSA) is 153 Å². The number of carbonyl (C=O) groups excluding carboxylic acids is 2. The third kappa shape index (κ3) is 5.15. The van der Waals surface area contributed by atoms with Gasteiger partial charge in [0.1, 0.15) is 12.3 Å². The van der Waals surface area contributed by atoms with Gasteiger partial charge in [0.05, 0.1) is 22.2 Å². The van der Waals surface area contributed by atoms with Crippen LogP contribution in [0.4, 0.5) is 4.79 Å². The van der Waals surface area contributed by atoms with Crippen LogP contribution >= 0.6 is 0 Å². The summed E-state index contributed by atoms with van der Waals surface area (Å²) in [4.78, 5) is 46.1. The lowest BCUT2D eigenvalue weighted by Gasteiger charge is -2.31. The second-order valence-corrected chi connectivity index (χ2v) is 8.97. The molecule has 0 unspecified atom stereocenters. The van der Waals surface area contributed by atoms with E-state index >= 15 is 0 Å². The number of rotatable bonds is 6. The molecule has 0 atom stereocenters. The molecule has 11 heteroatoms. The van der Waals surface area contributed by atoms with Gasteiger partial charge in [-0.3, -0.25) is 9.89 Å². The first-order valence-corrected chi connectivity index (χ1v) is 11.9. The van der Waals surface area contributed by atoms with Crippen molar-refractivity contribution in [3.63, 3.8) is 0 Å². The molecule has 0 radical (unpaired) electrons. The Hall–Kier alpha value is -4.67. The number of carboxylic acids is 1. The van der Waals surface area contributed by atoms with E-state index in [2.05, 4.69) is 25.5 Å². The summed E-state index contributed by atoms with van der Waals surface area (Å²) < 4.78 is 5.41. The maximum absolute atomic E-state index is 13.2. The van der Waals surface area contributed by atoms with Crippen molar-refractivity contribution >= 4 is 29.0 Å². The highest BCUT2D eigenvalue weighted by Crippen LogP contribution is 2.25. The van der Waals surface area contributed by atoms with Gasteiger partial charge < -0.3 is 25.0 Å². The number of imidazole rings is 1. The summed E-state index contributed by atoms with van der Waals surface area (Å²) in [6.07, 6.45) is 0.833. The number of carbonyl (C=O) groups is 3. The summed E-state index contributed by atoms with van der Waals surface area (Å²) in [6.45, 7) is 2.93. The molecule has 1 aliphatic rings. The molecular formula is C26H26N6O5. The fourth-order valence-corrected chi connectivity index (χ4v) is 4.41. The molecule has 190 valence electrons. The van der Waals surface area contributed by atoms with Crippen LogP contribution in [0.15, 0.2) is 48.5 Å². The molecule has 0 bridgehead atoms. The number of aromatic nitrogens is 4. The molecule has 1 aliphatic heterocycles. The van der Waals surface area contributed by atoms with Crippen molar-refractivity contribution in [2.24, 2.45) is 0 Å². The van der Waals surface area contributed by atoms with Crippen molar-refractivity contribution in [1.82, 2.24) is 30.4 Å². The van der Waals surface area contributed by atoms with Crippen LogP contribution in [0.5, 0.6) is 0 Å². The molecule has 0 aliphatic carbocycles. The Morgan fingerprint density at radius 2 is 1.89 bits per heavy atom. The molecule has 2 aromatic heterocycles. The van der Waals surface area contributed by atoms with Crippen molar-refractivity contribution in [3.8, 4) is 11.5 Å². The first-order valence-electron chi connectivity index (χ1n) is 11.9. The highest BCUT2D eigenvalue weighted by atomic mass is 16.6. The molecule has 0 saturated carbocycles. The number of aromatic amines is 2. The highest BCUT2D eigenvalue weighted by Gasteiger charge is 2.28. The molecule has 1 fully saturated rings. The van der Waals surface area contributed by atoms with E-state index in [1.165, 1.54) is 12.1 Å². The molecule has 4 N–H and O–H groups in total. The second-order valence-electron chi connectivity index (χ2n) is 8.97. The number of amides is 2. The van der Waals surface area contributed by atoms with Crippen LogP contribution in [-0.2, 0) is 11.3 Å². The van der Waals surface area contributed by atoms with Gasteiger partial charge in [0.25, 0.3) is 5.91 Å². The number of benzene rings is 2. The lowest BCUT2D eigenvalue weighted by Crippen LogP contribution is -2.46. The quantitative estimate of drug-likeness (QED) is 0.315. The first kappa shape index (κ1) is 24.0. The number of H-pyrrole nitrogens is 2.